The SMILES string of the molecule is CC(C)(C1CC1)N1CCN(c2ccc(C(=O)c3ccccc3)cn2)CC1. The molecule has 4 nitrogen and oxygen atoms in total. The van der Waals surface area contributed by atoms with Crippen molar-refractivity contribution in [2.45, 2.75) is 32.2 Å². The molecule has 1 aliphatic heterocycles. The minimum atomic E-state index is 0.0284. The van der Waals surface area contributed by atoms with Gasteiger partial charge in [-0.2, -0.15) is 0 Å². The summed E-state index contributed by atoms with van der Waals surface area (Å²) in [5.41, 5.74) is 1.68. The number of carbonyl (C=O) groups is 1. The van der Waals surface area contributed by atoms with Crippen LogP contribution in [0.15, 0.2) is 48.7 Å². The molecule has 0 N–H and O–H groups in total. The molecule has 0 radical (unpaired) electrons. The van der Waals surface area contributed by atoms with Gasteiger partial charge in [0.05, 0.1) is 0 Å². The molecule has 1 aliphatic carbocycles. The number of rotatable bonds is 5. The van der Waals surface area contributed by atoms with Crippen LogP contribution in [0.3, 0.4) is 0 Å². The Bertz CT molecular complexity index is 758. The van der Waals surface area contributed by atoms with Crippen molar-refractivity contribution in [3.63, 3.8) is 0 Å². The molecule has 0 spiro atoms. The van der Waals surface area contributed by atoms with Gasteiger partial charge < -0.3 is 4.90 Å². The first kappa shape index (κ1) is 17.2. The lowest BCUT2D eigenvalue weighted by Gasteiger charge is -2.44. The van der Waals surface area contributed by atoms with Gasteiger partial charge in [-0.3, -0.25) is 9.69 Å². The fourth-order valence-electron chi connectivity index (χ4n) is 4.02. The van der Waals surface area contributed by atoms with Crippen LogP contribution in [0, 0.1) is 5.92 Å². The van der Waals surface area contributed by atoms with E-state index in [1.54, 1.807) is 6.20 Å². The van der Waals surface area contributed by atoms with Crippen LogP contribution in [0.5, 0.6) is 0 Å². The van der Waals surface area contributed by atoms with Crippen LogP contribution in [0.25, 0.3) is 0 Å². The van der Waals surface area contributed by atoms with Crippen LogP contribution in [-0.2, 0) is 0 Å². The summed E-state index contributed by atoms with van der Waals surface area (Å²) >= 11 is 0. The van der Waals surface area contributed by atoms with E-state index < -0.39 is 0 Å². The van der Waals surface area contributed by atoms with E-state index in [1.807, 2.05) is 42.5 Å². The van der Waals surface area contributed by atoms with Crippen LogP contribution >= 0.6 is 0 Å². The molecule has 4 heteroatoms. The first-order chi connectivity index (χ1) is 12.6. The van der Waals surface area contributed by atoms with E-state index >= 15 is 0 Å². The second-order valence-corrected chi connectivity index (χ2v) is 8.00. The van der Waals surface area contributed by atoms with Gasteiger partial charge in [0, 0.05) is 49.0 Å². The van der Waals surface area contributed by atoms with Gasteiger partial charge in [-0.05, 0) is 44.7 Å². The molecule has 136 valence electrons. The molecule has 1 aromatic heterocycles. The molecular formula is C22H27N3O. The summed E-state index contributed by atoms with van der Waals surface area (Å²) in [6, 6.07) is 13.3. The van der Waals surface area contributed by atoms with E-state index in [0.717, 1.165) is 37.9 Å². The van der Waals surface area contributed by atoms with Crippen LogP contribution < -0.4 is 4.90 Å². The number of hydrogen-bond donors (Lipinski definition) is 0. The van der Waals surface area contributed by atoms with E-state index in [9.17, 15) is 4.79 Å². The standard InChI is InChI=1S/C22H27N3O/c1-22(2,19-9-10-19)25-14-12-24(13-15-25)20-11-8-18(16-23-20)21(26)17-6-4-3-5-7-17/h3-8,11,16,19H,9-10,12-15H2,1-2H3. The molecule has 2 fully saturated rings. The smallest absolute Gasteiger partial charge is 0.194 e. The average Bonchev–Trinajstić information content (AvgIpc) is 3.54. The van der Waals surface area contributed by atoms with Gasteiger partial charge in [0.2, 0.25) is 0 Å². The highest BCUT2D eigenvalue weighted by Gasteiger charge is 2.42. The number of ketones is 1. The Hall–Kier alpha value is -2.20. The summed E-state index contributed by atoms with van der Waals surface area (Å²) < 4.78 is 0. The van der Waals surface area contributed by atoms with Crippen LogP contribution in [0.2, 0.25) is 0 Å². The number of nitrogens with zero attached hydrogens (tertiary/aromatic N) is 3. The Morgan fingerprint density at radius 3 is 2.23 bits per heavy atom. The molecule has 1 saturated heterocycles. The number of anilines is 1. The lowest BCUT2D eigenvalue weighted by Crippen LogP contribution is -2.55. The van der Waals surface area contributed by atoms with Crippen molar-refractivity contribution in [2.24, 2.45) is 5.92 Å². The maximum atomic E-state index is 12.5. The van der Waals surface area contributed by atoms with Crippen molar-refractivity contribution in [1.29, 1.82) is 0 Å². The third-order valence-corrected chi connectivity index (χ3v) is 6.04. The van der Waals surface area contributed by atoms with Gasteiger partial charge >= 0.3 is 0 Å². The largest absolute Gasteiger partial charge is 0.354 e. The zero-order valence-corrected chi connectivity index (χ0v) is 15.7. The normalized spacial score (nSPS) is 18.8. The quantitative estimate of drug-likeness (QED) is 0.773. The molecule has 4 rings (SSSR count). The van der Waals surface area contributed by atoms with Gasteiger partial charge in [0.15, 0.2) is 5.78 Å². The fraction of sp³-hybridized carbons (Fsp3) is 0.455. The van der Waals surface area contributed by atoms with E-state index in [4.69, 9.17) is 0 Å². The number of pyridine rings is 1. The van der Waals surface area contributed by atoms with Gasteiger partial charge in [0.1, 0.15) is 5.82 Å². The summed E-state index contributed by atoms with van der Waals surface area (Å²) in [5.74, 6) is 1.87. The Balaban J connectivity index is 1.40. The van der Waals surface area contributed by atoms with Crippen molar-refractivity contribution in [1.82, 2.24) is 9.88 Å². The predicted octanol–water partition coefficient (Wildman–Crippen LogP) is 3.62. The Labute approximate surface area is 155 Å². The van der Waals surface area contributed by atoms with Crippen molar-refractivity contribution >= 4 is 11.6 Å². The zero-order valence-electron chi connectivity index (χ0n) is 15.7. The van der Waals surface area contributed by atoms with E-state index in [1.165, 1.54) is 12.8 Å². The van der Waals surface area contributed by atoms with E-state index in [-0.39, 0.29) is 5.78 Å². The molecule has 0 unspecified atom stereocenters. The third-order valence-electron chi connectivity index (χ3n) is 6.04. The second kappa shape index (κ2) is 6.84. The zero-order chi connectivity index (χ0) is 18.1. The van der Waals surface area contributed by atoms with Gasteiger partial charge in [-0.15, -0.1) is 0 Å². The summed E-state index contributed by atoms with van der Waals surface area (Å²) in [6.45, 7) is 8.93. The van der Waals surface area contributed by atoms with Crippen LogP contribution in [0.1, 0.15) is 42.6 Å². The van der Waals surface area contributed by atoms with Gasteiger partial charge in [-0.25, -0.2) is 4.98 Å². The molecule has 2 aliphatic rings. The second-order valence-electron chi connectivity index (χ2n) is 8.00. The topological polar surface area (TPSA) is 36.4 Å². The predicted molar refractivity (Wildman–Crippen MR) is 105 cm³/mol. The molecule has 1 aromatic carbocycles. The first-order valence-electron chi connectivity index (χ1n) is 9.61. The highest BCUT2D eigenvalue weighted by atomic mass is 16.1. The molecule has 1 saturated carbocycles. The minimum Gasteiger partial charge on any atom is -0.354 e. The van der Waals surface area contributed by atoms with Crippen molar-refractivity contribution < 1.29 is 4.79 Å². The van der Waals surface area contributed by atoms with E-state index in [2.05, 4.69) is 28.6 Å². The first-order valence-corrected chi connectivity index (χ1v) is 9.61. The summed E-state index contributed by atoms with van der Waals surface area (Å²) in [4.78, 5) is 22.0. The van der Waals surface area contributed by atoms with Gasteiger partial charge in [0.25, 0.3) is 0 Å². The average molecular weight is 349 g/mol. The van der Waals surface area contributed by atoms with E-state index in [0.29, 0.717) is 16.7 Å². The Morgan fingerprint density at radius 2 is 1.65 bits per heavy atom. The maximum absolute atomic E-state index is 12.5. The summed E-state index contributed by atoms with van der Waals surface area (Å²) in [6.07, 6.45) is 4.47. The number of aromatic nitrogens is 1. The number of carbonyl (C=O) groups excluding carboxylic acids is 1. The molecule has 2 heterocycles. The highest BCUT2D eigenvalue weighted by Crippen LogP contribution is 2.43. The number of hydrogen-bond acceptors (Lipinski definition) is 4. The molecular weight excluding hydrogens is 322 g/mol. The summed E-state index contributed by atoms with van der Waals surface area (Å²) in [7, 11) is 0. The molecule has 0 atom stereocenters. The number of benzene rings is 1. The highest BCUT2D eigenvalue weighted by molar-refractivity contribution is 6.08. The summed E-state index contributed by atoms with van der Waals surface area (Å²) in [5, 5.41) is 0. The van der Waals surface area contributed by atoms with Crippen molar-refractivity contribution in [2.75, 3.05) is 31.1 Å². The van der Waals surface area contributed by atoms with Crippen LogP contribution in [-0.4, -0.2) is 47.4 Å². The minimum absolute atomic E-state index is 0.0284. The molecule has 0 amide bonds. The Kier molecular flexibility index (Phi) is 4.53. The Morgan fingerprint density at radius 1 is 0.962 bits per heavy atom. The fourth-order valence-corrected chi connectivity index (χ4v) is 4.02. The molecule has 0 bridgehead atoms. The number of piperazine rings is 1. The van der Waals surface area contributed by atoms with Crippen molar-refractivity contribution in [3.8, 4) is 0 Å². The van der Waals surface area contributed by atoms with Crippen LogP contribution in [0.4, 0.5) is 5.82 Å². The monoisotopic (exact) mass is 349 g/mol. The lowest BCUT2D eigenvalue weighted by molar-refractivity contribution is 0.0917. The maximum Gasteiger partial charge on any atom is 0.194 e. The molecule has 26 heavy (non-hydrogen) atoms. The third kappa shape index (κ3) is 3.38. The lowest BCUT2D eigenvalue weighted by atomic mass is 9.95. The molecule has 2 aromatic rings. The van der Waals surface area contributed by atoms with Gasteiger partial charge in [-0.1, -0.05) is 30.3 Å². The van der Waals surface area contributed by atoms with Crippen molar-refractivity contribution in [3.05, 3.63) is 59.8 Å².